The molecule has 0 atom stereocenters. The van der Waals surface area contributed by atoms with Crippen LogP contribution in [0.2, 0.25) is 5.02 Å². The fourth-order valence-electron chi connectivity index (χ4n) is 2.90. The Morgan fingerprint density at radius 2 is 1.77 bits per heavy atom. The van der Waals surface area contributed by atoms with Crippen molar-refractivity contribution in [1.82, 2.24) is 0 Å². The van der Waals surface area contributed by atoms with Crippen molar-refractivity contribution in [2.75, 3.05) is 4.90 Å². The molecule has 3 aromatic carbocycles. The lowest BCUT2D eigenvalue weighted by Crippen LogP contribution is -2.28. The summed E-state index contributed by atoms with van der Waals surface area (Å²) in [6.07, 6.45) is 1.60. The highest BCUT2D eigenvalue weighted by atomic mass is 35.5. The quantitative estimate of drug-likeness (QED) is 0.438. The van der Waals surface area contributed by atoms with Crippen LogP contribution >= 0.6 is 23.4 Å². The van der Waals surface area contributed by atoms with Crippen LogP contribution in [0.5, 0.6) is 5.75 Å². The van der Waals surface area contributed by atoms with Gasteiger partial charge in [-0.15, -0.1) is 0 Å². The summed E-state index contributed by atoms with van der Waals surface area (Å²) in [6, 6.07) is 20.2. The van der Waals surface area contributed by atoms with E-state index in [2.05, 4.69) is 0 Å². The summed E-state index contributed by atoms with van der Waals surface area (Å²) >= 11 is 6.66. The number of benzene rings is 3. The van der Waals surface area contributed by atoms with E-state index < -0.39 is 17.0 Å². The normalized spacial score (nSPS) is 15.1. The number of hydrogen-bond donors (Lipinski definition) is 0. The van der Waals surface area contributed by atoms with Crippen LogP contribution in [0.3, 0.4) is 0 Å². The largest absolute Gasteiger partial charge is 0.489 e. The zero-order valence-corrected chi connectivity index (χ0v) is 17.1. The molecule has 1 heterocycles. The van der Waals surface area contributed by atoms with Crippen molar-refractivity contribution in [1.29, 1.82) is 0 Å². The summed E-state index contributed by atoms with van der Waals surface area (Å²) in [4.78, 5) is 26.1. The standard InChI is InChI=1S/C23H15ClFNO3S/c24-17-10-8-15(9-11-17)14-29-18-5-3-4-16(12-18)13-21-22(27)26(23(28)30-21)20-7-2-1-6-19(20)25/h1-13H,14H2/b21-13-. The molecule has 0 radical (unpaired) electrons. The Morgan fingerprint density at radius 3 is 2.53 bits per heavy atom. The third-order valence-corrected chi connectivity index (χ3v) is 5.48. The fraction of sp³-hybridized carbons (Fsp3) is 0.0435. The molecule has 4 rings (SSSR count). The summed E-state index contributed by atoms with van der Waals surface area (Å²) in [5, 5.41) is 0.122. The molecule has 1 aliphatic heterocycles. The number of nitrogens with zero attached hydrogens (tertiary/aromatic N) is 1. The van der Waals surface area contributed by atoms with E-state index in [1.807, 2.05) is 12.1 Å². The first-order valence-corrected chi connectivity index (χ1v) is 10.2. The lowest BCUT2D eigenvalue weighted by Gasteiger charge is -2.12. The van der Waals surface area contributed by atoms with Crippen molar-refractivity contribution >= 4 is 46.3 Å². The smallest absolute Gasteiger partial charge is 0.298 e. The van der Waals surface area contributed by atoms with Gasteiger partial charge in [0.1, 0.15) is 18.2 Å². The molecule has 0 saturated carbocycles. The van der Waals surface area contributed by atoms with E-state index in [0.717, 1.165) is 22.2 Å². The highest BCUT2D eigenvalue weighted by Gasteiger charge is 2.37. The Morgan fingerprint density at radius 1 is 1.00 bits per heavy atom. The first-order valence-electron chi connectivity index (χ1n) is 9.01. The van der Waals surface area contributed by atoms with E-state index in [1.54, 1.807) is 48.5 Å². The lowest BCUT2D eigenvalue weighted by molar-refractivity contribution is -0.113. The molecule has 1 fully saturated rings. The van der Waals surface area contributed by atoms with Gasteiger partial charge in [-0.1, -0.05) is 48.0 Å². The second kappa shape index (κ2) is 8.73. The van der Waals surface area contributed by atoms with Gasteiger partial charge in [0.05, 0.1) is 10.6 Å². The number of carbonyl (C=O) groups excluding carboxylic acids is 2. The topological polar surface area (TPSA) is 46.6 Å². The summed E-state index contributed by atoms with van der Waals surface area (Å²) in [7, 11) is 0. The molecule has 0 N–H and O–H groups in total. The van der Waals surface area contributed by atoms with E-state index in [4.69, 9.17) is 16.3 Å². The number of para-hydroxylation sites is 1. The van der Waals surface area contributed by atoms with E-state index in [0.29, 0.717) is 22.9 Å². The minimum absolute atomic E-state index is 0.0524. The van der Waals surface area contributed by atoms with E-state index in [-0.39, 0.29) is 10.6 Å². The molecule has 0 bridgehead atoms. The van der Waals surface area contributed by atoms with Crippen LogP contribution in [0.15, 0.2) is 77.7 Å². The van der Waals surface area contributed by atoms with Crippen molar-refractivity contribution in [2.45, 2.75) is 6.61 Å². The van der Waals surface area contributed by atoms with E-state index in [9.17, 15) is 14.0 Å². The van der Waals surface area contributed by atoms with Crippen LogP contribution in [0, 0.1) is 5.82 Å². The van der Waals surface area contributed by atoms with Gasteiger partial charge in [-0.05, 0) is 65.4 Å². The van der Waals surface area contributed by atoms with Gasteiger partial charge < -0.3 is 4.74 Å². The molecule has 7 heteroatoms. The molecular weight excluding hydrogens is 425 g/mol. The molecular formula is C23H15ClFNO3S. The highest BCUT2D eigenvalue weighted by Crippen LogP contribution is 2.36. The maximum atomic E-state index is 14.0. The Balaban J connectivity index is 1.51. The van der Waals surface area contributed by atoms with Gasteiger partial charge in [0.2, 0.25) is 0 Å². The highest BCUT2D eigenvalue weighted by molar-refractivity contribution is 8.19. The Hall–Kier alpha value is -3.09. The average molecular weight is 440 g/mol. The molecule has 150 valence electrons. The second-order valence-corrected chi connectivity index (χ2v) is 7.89. The van der Waals surface area contributed by atoms with Crippen LogP contribution in [-0.4, -0.2) is 11.1 Å². The molecule has 1 aliphatic rings. The lowest BCUT2D eigenvalue weighted by atomic mass is 10.2. The first kappa shape index (κ1) is 20.2. The van der Waals surface area contributed by atoms with E-state index in [1.165, 1.54) is 18.2 Å². The zero-order valence-electron chi connectivity index (χ0n) is 15.5. The van der Waals surface area contributed by atoms with Crippen molar-refractivity contribution in [3.8, 4) is 5.75 Å². The molecule has 0 aliphatic carbocycles. The molecule has 0 spiro atoms. The Labute approximate surface area is 181 Å². The van der Waals surface area contributed by atoms with Crippen LogP contribution in [0.1, 0.15) is 11.1 Å². The van der Waals surface area contributed by atoms with Gasteiger partial charge in [-0.2, -0.15) is 0 Å². The van der Waals surface area contributed by atoms with Crippen LogP contribution in [0.4, 0.5) is 14.9 Å². The molecule has 0 unspecified atom stereocenters. The SMILES string of the molecule is O=C1S/C(=C\c2cccc(OCc3ccc(Cl)cc3)c2)C(=O)N1c1ccccc1F. The molecule has 30 heavy (non-hydrogen) atoms. The van der Waals surface area contributed by atoms with Gasteiger partial charge >= 0.3 is 0 Å². The zero-order chi connectivity index (χ0) is 21.1. The second-order valence-electron chi connectivity index (χ2n) is 6.46. The van der Waals surface area contributed by atoms with E-state index >= 15 is 0 Å². The van der Waals surface area contributed by atoms with Gasteiger partial charge in [0, 0.05) is 5.02 Å². The van der Waals surface area contributed by atoms with Crippen molar-refractivity contribution in [3.63, 3.8) is 0 Å². The number of halogens is 2. The maximum Gasteiger partial charge on any atom is 0.298 e. The number of thioether (sulfide) groups is 1. The fourth-order valence-corrected chi connectivity index (χ4v) is 3.86. The predicted molar refractivity (Wildman–Crippen MR) is 117 cm³/mol. The van der Waals surface area contributed by atoms with Crippen molar-refractivity contribution in [2.24, 2.45) is 0 Å². The Bertz CT molecular complexity index is 1150. The minimum Gasteiger partial charge on any atom is -0.489 e. The van der Waals surface area contributed by atoms with Crippen LogP contribution in [-0.2, 0) is 11.4 Å². The number of carbonyl (C=O) groups is 2. The molecule has 1 saturated heterocycles. The van der Waals surface area contributed by atoms with Crippen LogP contribution < -0.4 is 9.64 Å². The number of amides is 2. The third-order valence-electron chi connectivity index (χ3n) is 4.36. The Kier molecular flexibility index (Phi) is 5.88. The summed E-state index contributed by atoms with van der Waals surface area (Å²) in [6.45, 7) is 0.365. The van der Waals surface area contributed by atoms with Gasteiger partial charge in [-0.25, -0.2) is 9.29 Å². The predicted octanol–water partition coefficient (Wildman–Crippen LogP) is 6.30. The molecule has 0 aromatic heterocycles. The summed E-state index contributed by atoms with van der Waals surface area (Å²) in [5.74, 6) is -0.562. The van der Waals surface area contributed by atoms with Crippen molar-refractivity contribution in [3.05, 3.63) is 99.7 Å². The van der Waals surface area contributed by atoms with Gasteiger partial charge in [0.15, 0.2) is 0 Å². The average Bonchev–Trinajstić information content (AvgIpc) is 3.01. The maximum absolute atomic E-state index is 14.0. The number of imide groups is 1. The number of hydrogen-bond acceptors (Lipinski definition) is 4. The number of anilines is 1. The van der Waals surface area contributed by atoms with Gasteiger partial charge in [0.25, 0.3) is 11.1 Å². The number of ether oxygens (including phenoxy) is 1. The first-order chi connectivity index (χ1) is 14.5. The monoisotopic (exact) mass is 439 g/mol. The minimum atomic E-state index is -0.626. The third kappa shape index (κ3) is 4.40. The molecule has 3 aromatic rings. The van der Waals surface area contributed by atoms with Gasteiger partial charge in [-0.3, -0.25) is 9.59 Å². The number of rotatable bonds is 5. The van der Waals surface area contributed by atoms with Crippen LogP contribution in [0.25, 0.3) is 6.08 Å². The van der Waals surface area contributed by atoms with Crippen molar-refractivity contribution < 1.29 is 18.7 Å². The molecule has 4 nitrogen and oxygen atoms in total. The summed E-state index contributed by atoms with van der Waals surface area (Å²) in [5.41, 5.74) is 1.61. The summed E-state index contributed by atoms with van der Waals surface area (Å²) < 4.78 is 19.8. The molecule has 2 amide bonds.